The van der Waals surface area contributed by atoms with Crippen molar-refractivity contribution in [1.29, 1.82) is 0 Å². The zero-order valence-electron chi connectivity index (χ0n) is 16.3. The molecule has 1 saturated carbocycles. The lowest BCUT2D eigenvalue weighted by molar-refractivity contribution is -0.132. The number of amides is 2. The van der Waals surface area contributed by atoms with Gasteiger partial charge in [-0.15, -0.1) is 6.58 Å². The molecule has 0 aromatic heterocycles. The Labute approximate surface area is 172 Å². The van der Waals surface area contributed by atoms with Crippen LogP contribution in [0.2, 0.25) is 5.02 Å². The number of benzene rings is 1. The highest BCUT2D eigenvalue weighted by Gasteiger charge is 2.24. The molecule has 0 radical (unpaired) electrons. The van der Waals surface area contributed by atoms with Crippen molar-refractivity contribution in [2.75, 3.05) is 13.1 Å². The van der Waals surface area contributed by atoms with E-state index < -0.39 is 0 Å². The number of hydrogen-bond acceptors (Lipinski definition) is 3. The predicted octanol–water partition coefficient (Wildman–Crippen LogP) is 4.35. The minimum absolute atomic E-state index is 0.0270. The topological polar surface area (TPSA) is 58.6 Å². The number of ether oxygens (including phenoxy) is 1. The molecule has 28 heavy (non-hydrogen) atoms. The first-order valence-electron chi connectivity index (χ1n) is 10.2. The van der Waals surface area contributed by atoms with Crippen LogP contribution < -0.4 is 10.1 Å². The minimum atomic E-state index is -0.0771. The van der Waals surface area contributed by atoms with Crippen LogP contribution in [0, 0.1) is 0 Å². The van der Waals surface area contributed by atoms with Crippen molar-refractivity contribution < 1.29 is 14.3 Å². The quantitative estimate of drug-likeness (QED) is 0.687. The van der Waals surface area contributed by atoms with E-state index in [0.717, 1.165) is 25.7 Å². The molecule has 2 aliphatic rings. The molecular weight excluding hydrogens is 376 g/mol. The number of carbonyl (C=O) groups excluding carboxylic acids is 2. The molecule has 0 bridgehead atoms. The van der Waals surface area contributed by atoms with Gasteiger partial charge in [-0.2, -0.15) is 0 Å². The molecule has 3 rings (SSSR count). The second-order valence-electron chi connectivity index (χ2n) is 7.63. The molecule has 0 atom stereocenters. The maximum atomic E-state index is 12.4. The zero-order valence-corrected chi connectivity index (χ0v) is 17.0. The first kappa shape index (κ1) is 20.7. The molecule has 1 heterocycles. The lowest BCUT2D eigenvalue weighted by Crippen LogP contribution is -2.41. The molecule has 6 heteroatoms. The summed E-state index contributed by atoms with van der Waals surface area (Å²) in [6.07, 6.45) is 9.04. The average Bonchev–Trinajstić information content (AvgIpc) is 3.21. The second-order valence-corrected chi connectivity index (χ2v) is 8.03. The van der Waals surface area contributed by atoms with E-state index in [4.69, 9.17) is 16.3 Å². The van der Waals surface area contributed by atoms with Gasteiger partial charge in [-0.05, 0) is 37.5 Å². The molecule has 1 aliphatic heterocycles. The third-order valence-electron chi connectivity index (χ3n) is 5.54. The Balaban J connectivity index is 1.50. The van der Waals surface area contributed by atoms with E-state index >= 15 is 0 Å². The van der Waals surface area contributed by atoms with Gasteiger partial charge < -0.3 is 15.0 Å². The van der Waals surface area contributed by atoms with Gasteiger partial charge in [-0.25, -0.2) is 0 Å². The fourth-order valence-corrected chi connectivity index (χ4v) is 4.09. The molecule has 1 aliphatic carbocycles. The maximum Gasteiger partial charge on any atom is 0.251 e. The Morgan fingerprint density at radius 3 is 2.57 bits per heavy atom. The normalized spacial score (nSPS) is 18.1. The van der Waals surface area contributed by atoms with Gasteiger partial charge in [-0.1, -0.05) is 30.5 Å². The van der Waals surface area contributed by atoms with Crippen LogP contribution in [0.1, 0.15) is 61.7 Å². The van der Waals surface area contributed by atoms with Crippen LogP contribution in [0.25, 0.3) is 0 Å². The minimum Gasteiger partial charge on any atom is -0.489 e. The van der Waals surface area contributed by atoms with Crippen molar-refractivity contribution in [1.82, 2.24) is 10.2 Å². The summed E-state index contributed by atoms with van der Waals surface area (Å²) in [5, 5.41) is 3.52. The molecule has 1 aromatic carbocycles. The van der Waals surface area contributed by atoms with Crippen molar-refractivity contribution in [3.63, 3.8) is 0 Å². The summed E-state index contributed by atoms with van der Waals surface area (Å²) in [6.45, 7) is 5.05. The summed E-state index contributed by atoms with van der Waals surface area (Å²) in [5.41, 5.74) is 0.562. The largest absolute Gasteiger partial charge is 0.489 e. The molecule has 2 fully saturated rings. The molecular formula is C22H29ClN2O3. The van der Waals surface area contributed by atoms with Crippen LogP contribution in [0.4, 0.5) is 0 Å². The first-order valence-corrected chi connectivity index (χ1v) is 10.6. The van der Waals surface area contributed by atoms with Crippen molar-refractivity contribution >= 4 is 23.4 Å². The van der Waals surface area contributed by atoms with Gasteiger partial charge in [-0.3, -0.25) is 9.59 Å². The zero-order chi connectivity index (χ0) is 19.9. The summed E-state index contributed by atoms with van der Waals surface area (Å²) in [5.74, 6) is 0.691. The summed E-state index contributed by atoms with van der Waals surface area (Å²) in [7, 11) is 0. The highest BCUT2D eigenvalue weighted by atomic mass is 35.5. The van der Waals surface area contributed by atoms with Crippen molar-refractivity contribution in [3.8, 4) is 5.75 Å². The Morgan fingerprint density at radius 2 is 1.93 bits per heavy atom. The second kappa shape index (κ2) is 9.97. The number of likely N-dealkylation sites (tertiary alicyclic amines) is 1. The van der Waals surface area contributed by atoms with Gasteiger partial charge in [0.05, 0.1) is 5.02 Å². The van der Waals surface area contributed by atoms with Gasteiger partial charge in [0.15, 0.2) is 0 Å². The summed E-state index contributed by atoms with van der Waals surface area (Å²) < 4.78 is 6.05. The smallest absolute Gasteiger partial charge is 0.251 e. The van der Waals surface area contributed by atoms with Crippen molar-refractivity contribution in [3.05, 3.63) is 41.4 Å². The third kappa shape index (κ3) is 5.51. The SMILES string of the molecule is C=CCCC(=O)N1CCC(Oc2ccc(C(=O)NC3CCCC3)cc2Cl)CC1. The van der Waals surface area contributed by atoms with Crippen LogP contribution in [0.3, 0.4) is 0 Å². The highest BCUT2D eigenvalue weighted by Crippen LogP contribution is 2.29. The number of allylic oxidation sites excluding steroid dienone is 1. The molecule has 1 aromatic rings. The third-order valence-corrected chi connectivity index (χ3v) is 5.83. The van der Waals surface area contributed by atoms with Crippen LogP contribution in [0.15, 0.2) is 30.9 Å². The standard InChI is InChI=1S/C22H29ClN2O3/c1-2-3-8-21(26)25-13-11-18(12-14-25)28-20-10-9-16(15-19(20)23)22(27)24-17-6-4-5-7-17/h2,9-10,15,17-18H,1,3-8,11-14H2,(H,24,27). The number of carbonyl (C=O) groups is 2. The number of halogens is 1. The fourth-order valence-electron chi connectivity index (χ4n) is 3.86. The van der Waals surface area contributed by atoms with Crippen LogP contribution in [-0.4, -0.2) is 41.9 Å². The van der Waals surface area contributed by atoms with Gasteiger partial charge in [0.1, 0.15) is 11.9 Å². The number of rotatable bonds is 7. The van der Waals surface area contributed by atoms with Gasteiger partial charge in [0, 0.05) is 44.0 Å². The monoisotopic (exact) mass is 404 g/mol. The van der Waals surface area contributed by atoms with Gasteiger partial charge in [0.2, 0.25) is 5.91 Å². The lowest BCUT2D eigenvalue weighted by atomic mass is 10.1. The first-order chi connectivity index (χ1) is 13.6. The Morgan fingerprint density at radius 1 is 1.21 bits per heavy atom. The number of hydrogen-bond donors (Lipinski definition) is 1. The van der Waals surface area contributed by atoms with Crippen molar-refractivity contribution in [2.24, 2.45) is 0 Å². The lowest BCUT2D eigenvalue weighted by Gasteiger charge is -2.32. The fraction of sp³-hybridized carbons (Fsp3) is 0.545. The van der Waals surface area contributed by atoms with Crippen molar-refractivity contribution in [2.45, 2.75) is 63.5 Å². The van der Waals surface area contributed by atoms with E-state index in [1.807, 2.05) is 4.90 Å². The molecule has 2 amide bonds. The molecule has 0 spiro atoms. The number of nitrogens with one attached hydrogen (secondary N) is 1. The van der Waals surface area contributed by atoms with Gasteiger partial charge in [0.25, 0.3) is 5.91 Å². The maximum absolute atomic E-state index is 12.4. The molecule has 152 valence electrons. The Hall–Kier alpha value is -2.01. The molecule has 1 saturated heterocycles. The average molecular weight is 405 g/mol. The Kier molecular flexibility index (Phi) is 7.37. The summed E-state index contributed by atoms with van der Waals surface area (Å²) in [4.78, 5) is 26.3. The molecule has 5 nitrogen and oxygen atoms in total. The molecule has 1 N–H and O–H groups in total. The van der Waals surface area contributed by atoms with Gasteiger partial charge >= 0.3 is 0 Å². The predicted molar refractivity (Wildman–Crippen MR) is 111 cm³/mol. The van der Waals surface area contributed by atoms with Crippen LogP contribution in [0.5, 0.6) is 5.75 Å². The Bertz CT molecular complexity index is 708. The van der Waals surface area contributed by atoms with Crippen LogP contribution >= 0.6 is 11.6 Å². The summed E-state index contributed by atoms with van der Waals surface area (Å²) >= 11 is 6.37. The van der Waals surface area contributed by atoms with E-state index in [9.17, 15) is 9.59 Å². The van der Waals surface area contributed by atoms with E-state index in [0.29, 0.717) is 42.3 Å². The van der Waals surface area contributed by atoms with Crippen LogP contribution in [-0.2, 0) is 4.79 Å². The van der Waals surface area contributed by atoms with E-state index in [1.165, 1.54) is 12.8 Å². The molecule has 0 unspecified atom stereocenters. The van der Waals surface area contributed by atoms with E-state index in [-0.39, 0.29) is 24.0 Å². The highest BCUT2D eigenvalue weighted by molar-refractivity contribution is 6.32. The van der Waals surface area contributed by atoms with E-state index in [1.54, 1.807) is 24.3 Å². The summed E-state index contributed by atoms with van der Waals surface area (Å²) in [6, 6.07) is 5.49. The van der Waals surface area contributed by atoms with E-state index in [2.05, 4.69) is 11.9 Å². The number of nitrogens with zero attached hydrogens (tertiary/aromatic N) is 1. The number of piperidine rings is 1.